The minimum absolute atomic E-state index is 0.118. The van der Waals surface area contributed by atoms with Crippen LogP contribution in [-0.4, -0.2) is 26.2 Å². The van der Waals surface area contributed by atoms with E-state index < -0.39 is 5.82 Å². The van der Waals surface area contributed by atoms with Gasteiger partial charge in [-0.25, -0.2) is 9.38 Å². The van der Waals surface area contributed by atoms with Crippen LogP contribution in [0.3, 0.4) is 0 Å². The van der Waals surface area contributed by atoms with Gasteiger partial charge >= 0.3 is 0 Å². The molecule has 0 saturated heterocycles. The second kappa shape index (κ2) is 4.49. The van der Waals surface area contributed by atoms with Crippen molar-refractivity contribution in [1.29, 1.82) is 0 Å². The molecule has 1 aromatic carbocycles. The molecule has 0 aromatic heterocycles. The number of methoxy groups -OCH3 is 1. The predicted molar refractivity (Wildman–Crippen MR) is 58.8 cm³/mol. The molecule has 1 aliphatic rings. The van der Waals surface area contributed by atoms with Crippen LogP contribution in [0.5, 0.6) is 0 Å². The lowest BCUT2D eigenvalue weighted by Gasteiger charge is -2.06. The first-order valence-corrected chi connectivity index (χ1v) is 4.94. The summed E-state index contributed by atoms with van der Waals surface area (Å²) in [6, 6.07) is 4.48. The van der Waals surface area contributed by atoms with Gasteiger partial charge in [-0.1, -0.05) is 6.07 Å². The van der Waals surface area contributed by atoms with Crippen LogP contribution in [0.15, 0.2) is 23.2 Å². The van der Waals surface area contributed by atoms with E-state index in [1.807, 2.05) is 0 Å². The largest absolute Gasteiger partial charge is 0.477 e. The number of nitrogen functional groups attached to an aromatic ring is 1. The third-order valence-electron chi connectivity index (χ3n) is 2.38. The van der Waals surface area contributed by atoms with Crippen LogP contribution in [-0.2, 0) is 9.47 Å². The first kappa shape index (κ1) is 10.9. The highest BCUT2D eigenvalue weighted by Crippen LogP contribution is 2.25. The highest BCUT2D eigenvalue weighted by Gasteiger charge is 2.20. The van der Waals surface area contributed by atoms with Crippen molar-refractivity contribution in [3.05, 3.63) is 29.6 Å². The van der Waals surface area contributed by atoms with Crippen molar-refractivity contribution in [2.24, 2.45) is 4.99 Å². The Morgan fingerprint density at radius 3 is 3.12 bits per heavy atom. The molecule has 2 rings (SSSR count). The minimum Gasteiger partial charge on any atom is -0.477 e. The fourth-order valence-corrected chi connectivity index (χ4v) is 1.57. The Bertz CT molecular complexity index is 420. The van der Waals surface area contributed by atoms with Crippen LogP contribution in [0.1, 0.15) is 11.6 Å². The number of hydrogen-bond acceptors (Lipinski definition) is 4. The van der Waals surface area contributed by atoms with E-state index in [1.165, 1.54) is 6.07 Å². The van der Waals surface area contributed by atoms with E-state index in [0.29, 0.717) is 19.1 Å². The van der Waals surface area contributed by atoms with Crippen molar-refractivity contribution in [3.8, 4) is 0 Å². The zero-order valence-corrected chi connectivity index (χ0v) is 8.94. The molecule has 5 heteroatoms. The normalized spacial score (nSPS) is 19.4. The second-order valence-electron chi connectivity index (χ2n) is 3.56. The molecule has 1 atom stereocenters. The monoisotopic (exact) mass is 224 g/mol. The molecule has 16 heavy (non-hydrogen) atoms. The third kappa shape index (κ3) is 2.14. The van der Waals surface area contributed by atoms with Gasteiger partial charge in [0, 0.05) is 7.11 Å². The van der Waals surface area contributed by atoms with Crippen LogP contribution < -0.4 is 5.73 Å². The second-order valence-corrected chi connectivity index (χ2v) is 3.56. The molecule has 86 valence electrons. The standard InChI is InChI=1S/C11H13FN2O2/c1-15-6-11-14-10(5-16-11)7-2-3-8(12)9(13)4-7/h2-4,10H,5-6,13H2,1H3. The van der Waals surface area contributed by atoms with Gasteiger partial charge in [0.05, 0.1) is 5.69 Å². The Morgan fingerprint density at radius 1 is 1.62 bits per heavy atom. The first-order valence-electron chi connectivity index (χ1n) is 4.94. The maximum Gasteiger partial charge on any atom is 0.210 e. The maximum absolute atomic E-state index is 13.0. The number of benzene rings is 1. The molecule has 1 aromatic rings. The van der Waals surface area contributed by atoms with Crippen molar-refractivity contribution >= 4 is 11.6 Å². The number of nitrogens with zero attached hydrogens (tertiary/aromatic N) is 1. The number of nitrogens with two attached hydrogens (primary N) is 1. The summed E-state index contributed by atoms with van der Waals surface area (Å²) in [5.41, 5.74) is 6.48. The summed E-state index contributed by atoms with van der Waals surface area (Å²) < 4.78 is 23.2. The van der Waals surface area contributed by atoms with Crippen LogP contribution in [0.25, 0.3) is 0 Å². The molecule has 1 aliphatic heterocycles. The number of ether oxygens (including phenoxy) is 2. The Labute approximate surface area is 92.9 Å². The number of anilines is 1. The van der Waals surface area contributed by atoms with E-state index in [9.17, 15) is 4.39 Å². The van der Waals surface area contributed by atoms with Gasteiger partial charge in [-0.05, 0) is 17.7 Å². The quantitative estimate of drug-likeness (QED) is 0.792. The van der Waals surface area contributed by atoms with Crippen LogP contribution in [0.2, 0.25) is 0 Å². The van der Waals surface area contributed by atoms with E-state index >= 15 is 0 Å². The van der Waals surface area contributed by atoms with E-state index in [-0.39, 0.29) is 11.7 Å². The lowest BCUT2D eigenvalue weighted by atomic mass is 10.1. The molecule has 1 heterocycles. The summed E-state index contributed by atoms with van der Waals surface area (Å²) in [6.07, 6.45) is 0. The molecule has 0 radical (unpaired) electrons. The van der Waals surface area contributed by atoms with Gasteiger partial charge in [-0.15, -0.1) is 0 Å². The van der Waals surface area contributed by atoms with Gasteiger partial charge < -0.3 is 15.2 Å². The van der Waals surface area contributed by atoms with Gasteiger partial charge in [0.25, 0.3) is 0 Å². The highest BCUT2D eigenvalue weighted by molar-refractivity contribution is 5.79. The van der Waals surface area contributed by atoms with E-state index in [2.05, 4.69) is 4.99 Å². The number of aliphatic imine (C=N–C) groups is 1. The molecule has 0 spiro atoms. The van der Waals surface area contributed by atoms with E-state index in [4.69, 9.17) is 15.2 Å². The Balaban J connectivity index is 2.16. The third-order valence-corrected chi connectivity index (χ3v) is 2.38. The van der Waals surface area contributed by atoms with Crippen molar-refractivity contribution in [3.63, 3.8) is 0 Å². The molecular formula is C11H13FN2O2. The average molecular weight is 224 g/mol. The molecular weight excluding hydrogens is 211 g/mol. The lowest BCUT2D eigenvalue weighted by molar-refractivity contribution is 0.212. The SMILES string of the molecule is COCC1=NC(c2ccc(F)c(N)c2)CO1. The molecule has 0 fully saturated rings. The molecule has 0 saturated carbocycles. The molecule has 4 nitrogen and oxygen atoms in total. The molecule has 0 bridgehead atoms. The topological polar surface area (TPSA) is 56.8 Å². The summed E-state index contributed by atoms with van der Waals surface area (Å²) in [4.78, 5) is 4.31. The summed E-state index contributed by atoms with van der Waals surface area (Å²) in [7, 11) is 1.58. The van der Waals surface area contributed by atoms with Crippen LogP contribution >= 0.6 is 0 Å². The van der Waals surface area contributed by atoms with Gasteiger partial charge in [-0.3, -0.25) is 0 Å². The van der Waals surface area contributed by atoms with Gasteiger partial charge in [0.2, 0.25) is 5.90 Å². The maximum atomic E-state index is 13.0. The summed E-state index contributed by atoms with van der Waals surface area (Å²) in [5.74, 6) is 0.152. The van der Waals surface area contributed by atoms with Gasteiger partial charge in [0.15, 0.2) is 0 Å². The summed E-state index contributed by atoms with van der Waals surface area (Å²) >= 11 is 0. The minimum atomic E-state index is -0.413. The molecule has 0 amide bonds. The fraction of sp³-hybridized carbons (Fsp3) is 0.364. The molecule has 2 N–H and O–H groups in total. The predicted octanol–water partition coefficient (Wildman–Crippen LogP) is 1.52. The fourth-order valence-electron chi connectivity index (χ4n) is 1.57. The molecule has 1 unspecified atom stereocenters. The Hall–Kier alpha value is -1.62. The van der Waals surface area contributed by atoms with E-state index in [0.717, 1.165) is 5.56 Å². The van der Waals surface area contributed by atoms with Crippen molar-refractivity contribution in [2.75, 3.05) is 26.1 Å². The Kier molecular flexibility index (Phi) is 3.05. The molecule has 0 aliphatic carbocycles. The zero-order valence-electron chi connectivity index (χ0n) is 8.94. The van der Waals surface area contributed by atoms with Crippen molar-refractivity contribution < 1.29 is 13.9 Å². The van der Waals surface area contributed by atoms with E-state index in [1.54, 1.807) is 19.2 Å². The van der Waals surface area contributed by atoms with Crippen LogP contribution in [0.4, 0.5) is 10.1 Å². The lowest BCUT2D eigenvalue weighted by Crippen LogP contribution is -2.06. The number of halogens is 1. The summed E-state index contributed by atoms with van der Waals surface area (Å²) in [6.45, 7) is 0.803. The number of rotatable bonds is 3. The zero-order chi connectivity index (χ0) is 11.5. The van der Waals surface area contributed by atoms with Crippen LogP contribution in [0, 0.1) is 5.82 Å². The first-order chi connectivity index (χ1) is 7.70. The van der Waals surface area contributed by atoms with Gasteiger partial charge in [-0.2, -0.15) is 0 Å². The van der Waals surface area contributed by atoms with Gasteiger partial charge in [0.1, 0.15) is 25.1 Å². The van der Waals surface area contributed by atoms with Crippen molar-refractivity contribution in [2.45, 2.75) is 6.04 Å². The Morgan fingerprint density at radius 2 is 2.44 bits per heavy atom. The van der Waals surface area contributed by atoms with Crippen molar-refractivity contribution in [1.82, 2.24) is 0 Å². The number of hydrogen-bond donors (Lipinski definition) is 1. The summed E-state index contributed by atoms with van der Waals surface area (Å²) in [5, 5.41) is 0. The smallest absolute Gasteiger partial charge is 0.210 e. The highest BCUT2D eigenvalue weighted by atomic mass is 19.1. The average Bonchev–Trinajstić information content (AvgIpc) is 2.71.